The van der Waals surface area contributed by atoms with Crippen molar-refractivity contribution < 1.29 is 4.52 Å². The molecule has 2 aromatic heterocycles. The van der Waals surface area contributed by atoms with Gasteiger partial charge in [0.25, 0.3) is 0 Å². The maximum absolute atomic E-state index is 5.35. The summed E-state index contributed by atoms with van der Waals surface area (Å²) in [6, 6.07) is 4.19. The van der Waals surface area contributed by atoms with Crippen molar-refractivity contribution in [1.29, 1.82) is 0 Å². The molecule has 0 fully saturated rings. The zero-order chi connectivity index (χ0) is 13.8. The van der Waals surface area contributed by atoms with Gasteiger partial charge >= 0.3 is 0 Å². The minimum Gasteiger partial charge on any atom is -0.339 e. The van der Waals surface area contributed by atoms with Crippen LogP contribution < -0.4 is 5.32 Å². The number of hydrogen-bond donors (Lipinski definition) is 1. The van der Waals surface area contributed by atoms with Gasteiger partial charge in [0.2, 0.25) is 11.7 Å². The normalized spacial score (nSPS) is 14.3. The Bertz CT molecular complexity index is 538. The third-order valence-corrected chi connectivity index (χ3v) is 3.25. The summed E-state index contributed by atoms with van der Waals surface area (Å²) in [5.41, 5.74) is 1.88. The number of likely N-dealkylation sites (N-methyl/N-ethyl adjacent to an activating group) is 1. The summed E-state index contributed by atoms with van der Waals surface area (Å²) in [6.07, 6.45) is 1.76. The van der Waals surface area contributed by atoms with Crippen molar-refractivity contribution >= 4 is 0 Å². The predicted molar refractivity (Wildman–Crippen MR) is 73.8 cm³/mol. The van der Waals surface area contributed by atoms with Gasteiger partial charge in [-0.25, -0.2) is 0 Å². The van der Waals surface area contributed by atoms with Gasteiger partial charge in [0.15, 0.2) is 0 Å². The lowest BCUT2D eigenvalue weighted by Gasteiger charge is -2.16. The molecule has 0 aliphatic heterocycles. The van der Waals surface area contributed by atoms with Gasteiger partial charge in [0.1, 0.15) is 5.69 Å². The third kappa shape index (κ3) is 3.17. The minimum absolute atomic E-state index is 0.172. The van der Waals surface area contributed by atoms with E-state index in [4.69, 9.17) is 4.52 Å². The smallest absolute Gasteiger partial charge is 0.231 e. The van der Waals surface area contributed by atoms with Crippen LogP contribution in [0, 0.1) is 6.92 Å². The van der Waals surface area contributed by atoms with E-state index >= 15 is 0 Å². The number of aryl methyl sites for hydroxylation is 1. The zero-order valence-corrected chi connectivity index (χ0v) is 11.8. The molecular formula is C14H20N4O. The van der Waals surface area contributed by atoms with Crippen molar-refractivity contribution in [1.82, 2.24) is 20.4 Å². The Morgan fingerprint density at radius 2 is 2.16 bits per heavy atom. The minimum atomic E-state index is 0.172. The van der Waals surface area contributed by atoms with Gasteiger partial charge in [-0.3, -0.25) is 4.98 Å². The Kier molecular flexibility index (Phi) is 4.27. The number of aromatic nitrogens is 3. The molecule has 2 atom stereocenters. The molecule has 5 heteroatoms. The second-order valence-electron chi connectivity index (χ2n) is 4.81. The van der Waals surface area contributed by atoms with E-state index in [-0.39, 0.29) is 5.92 Å². The summed E-state index contributed by atoms with van der Waals surface area (Å²) in [7, 11) is 0. The monoisotopic (exact) mass is 260 g/mol. The fourth-order valence-corrected chi connectivity index (χ4v) is 1.90. The molecule has 102 valence electrons. The molecule has 0 saturated heterocycles. The van der Waals surface area contributed by atoms with Gasteiger partial charge in [-0.15, -0.1) is 0 Å². The van der Waals surface area contributed by atoms with Gasteiger partial charge in [-0.05, 0) is 38.1 Å². The molecule has 0 aliphatic rings. The zero-order valence-electron chi connectivity index (χ0n) is 11.8. The van der Waals surface area contributed by atoms with Crippen LogP contribution in [-0.2, 0) is 0 Å². The van der Waals surface area contributed by atoms with E-state index in [0.29, 0.717) is 17.8 Å². The van der Waals surface area contributed by atoms with Crippen molar-refractivity contribution in [2.24, 2.45) is 0 Å². The van der Waals surface area contributed by atoms with E-state index in [0.717, 1.165) is 17.8 Å². The first-order valence-corrected chi connectivity index (χ1v) is 6.61. The van der Waals surface area contributed by atoms with Gasteiger partial charge in [-0.1, -0.05) is 19.0 Å². The van der Waals surface area contributed by atoms with E-state index in [1.807, 2.05) is 19.1 Å². The molecule has 5 nitrogen and oxygen atoms in total. The van der Waals surface area contributed by atoms with Crippen LogP contribution in [-0.4, -0.2) is 27.7 Å². The third-order valence-electron chi connectivity index (χ3n) is 3.25. The fourth-order valence-electron chi connectivity index (χ4n) is 1.90. The fraction of sp³-hybridized carbons (Fsp3) is 0.500. The highest BCUT2D eigenvalue weighted by Crippen LogP contribution is 2.21. The first-order chi connectivity index (χ1) is 9.11. The van der Waals surface area contributed by atoms with Crippen LogP contribution in [0.5, 0.6) is 0 Å². The second kappa shape index (κ2) is 5.93. The molecule has 0 aromatic carbocycles. The Morgan fingerprint density at radius 3 is 2.84 bits per heavy atom. The van der Waals surface area contributed by atoms with Crippen LogP contribution in [0.15, 0.2) is 22.9 Å². The lowest BCUT2D eigenvalue weighted by atomic mass is 10.0. The Morgan fingerprint density at radius 1 is 1.37 bits per heavy atom. The highest BCUT2D eigenvalue weighted by Gasteiger charge is 2.20. The second-order valence-corrected chi connectivity index (χ2v) is 4.81. The van der Waals surface area contributed by atoms with Crippen LogP contribution in [0.4, 0.5) is 0 Å². The van der Waals surface area contributed by atoms with Crippen LogP contribution in [0.1, 0.15) is 38.1 Å². The first kappa shape index (κ1) is 13.7. The molecule has 0 bridgehead atoms. The van der Waals surface area contributed by atoms with Crippen LogP contribution in [0.2, 0.25) is 0 Å². The summed E-state index contributed by atoms with van der Waals surface area (Å²) in [5, 5.41) is 7.37. The Hall–Kier alpha value is -1.75. The molecule has 0 amide bonds. The molecule has 19 heavy (non-hydrogen) atoms. The number of nitrogens with one attached hydrogen (secondary N) is 1. The van der Waals surface area contributed by atoms with Crippen molar-refractivity contribution in [3.63, 3.8) is 0 Å². The lowest BCUT2D eigenvalue weighted by Crippen LogP contribution is -2.30. The highest BCUT2D eigenvalue weighted by atomic mass is 16.5. The van der Waals surface area contributed by atoms with E-state index in [2.05, 4.69) is 41.2 Å². The molecule has 2 heterocycles. The topological polar surface area (TPSA) is 63.8 Å². The molecule has 2 rings (SSSR count). The van der Waals surface area contributed by atoms with Crippen LogP contribution >= 0.6 is 0 Å². The quantitative estimate of drug-likeness (QED) is 0.895. The number of pyridine rings is 1. The standard InChI is InChI=1S/C14H20N4O/c1-5-15-11(4)10(3)14-17-13(18-19-14)12-8-9(2)6-7-16-12/h6-8,10-11,15H,5H2,1-4H3. The molecule has 2 aromatic rings. The predicted octanol–water partition coefficient (Wildman–Crippen LogP) is 2.54. The van der Waals surface area contributed by atoms with Crippen molar-refractivity contribution in [2.45, 2.75) is 39.7 Å². The maximum Gasteiger partial charge on any atom is 0.231 e. The summed E-state index contributed by atoms with van der Waals surface area (Å²) in [4.78, 5) is 8.71. The average molecular weight is 260 g/mol. The van der Waals surface area contributed by atoms with Gasteiger partial charge in [0, 0.05) is 12.2 Å². The van der Waals surface area contributed by atoms with E-state index in [1.54, 1.807) is 6.20 Å². The average Bonchev–Trinajstić information content (AvgIpc) is 2.87. The molecule has 2 unspecified atom stereocenters. The highest BCUT2D eigenvalue weighted by molar-refractivity contribution is 5.49. The van der Waals surface area contributed by atoms with Gasteiger partial charge in [0.05, 0.1) is 5.92 Å². The summed E-state index contributed by atoms with van der Waals surface area (Å²) >= 11 is 0. The largest absolute Gasteiger partial charge is 0.339 e. The van der Waals surface area contributed by atoms with Gasteiger partial charge in [-0.2, -0.15) is 4.98 Å². The number of nitrogens with zero attached hydrogens (tertiary/aromatic N) is 3. The molecule has 0 spiro atoms. The lowest BCUT2D eigenvalue weighted by molar-refractivity contribution is 0.332. The summed E-state index contributed by atoms with van der Waals surface area (Å²) in [5.74, 6) is 1.37. The van der Waals surface area contributed by atoms with Gasteiger partial charge < -0.3 is 9.84 Å². The van der Waals surface area contributed by atoms with Crippen molar-refractivity contribution in [3.05, 3.63) is 29.8 Å². The SMILES string of the molecule is CCNC(C)C(C)c1nc(-c2cc(C)ccn2)no1. The molecule has 0 radical (unpaired) electrons. The molecular weight excluding hydrogens is 240 g/mol. The Balaban J connectivity index is 2.19. The number of rotatable bonds is 5. The summed E-state index contributed by atoms with van der Waals surface area (Å²) in [6.45, 7) is 9.21. The Labute approximate surface area is 113 Å². The summed E-state index contributed by atoms with van der Waals surface area (Å²) < 4.78 is 5.35. The van der Waals surface area contributed by atoms with Crippen LogP contribution in [0.3, 0.4) is 0 Å². The molecule has 0 saturated carbocycles. The van der Waals surface area contributed by atoms with Crippen LogP contribution in [0.25, 0.3) is 11.5 Å². The first-order valence-electron chi connectivity index (χ1n) is 6.61. The van der Waals surface area contributed by atoms with E-state index in [9.17, 15) is 0 Å². The van der Waals surface area contributed by atoms with E-state index in [1.165, 1.54) is 0 Å². The van der Waals surface area contributed by atoms with E-state index < -0.39 is 0 Å². The number of hydrogen-bond acceptors (Lipinski definition) is 5. The molecule has 0 aliphatic carbocycles. The maximum atomic E-state index is 5.35. The van der Waals surface area contributed by atoms with Crippen molar-refractivity contribution in [2.75, 3.05) is 6.54 Å². The molecule has 1 N–H and O–H groups in total. The van der Waals surface area contributed by atoms with Crippen molar-refractivity contribution in [3.8, 4) is 11.5 Å².